The van der Waals surface area contributed by atoms with Crippen molar-refractivity contribution in [3.8, 4) is 11.5 Å². The van der Waals surface area contributed by atoms with Gasteiger partial charge in [-0.25, -0.2) is 10.0 Å². The van der Waals surface area contributed by atoms with E-state index in [9.17, 15) is 9.90 Å². The van der Waals surface area contributed by atoms with Crippen LogP contribution in [0.25, 0.3) is 0 Å². The summed E-state index contributed by atoms with van der Waals surface area (Å²) >= 11 is 0. The van der Waals surface area contributed by atoms with Gasteiger partial charge < -0.3 is 19.9 Å². The SMILES string of the molecule is COc1ccc(NC(=O)C2=NN(c3ccc(OC)cc3)N3C2=NC(C)=CC3(C)O)cc1. The predicted octanol–water partition coefficient (Wildman–Crippen LogP) is 2.76. The number of aliphatic imine (C=N–C) groups is 1. The summed E-state index contributed by atoms with van der Waals surface area (Å²) in [5, 5.41) is 21.3. The Kier molecular flexibility index (Phi) is 5.12. The summed E-state index contributed by atoms with van der Waals surface area (Å²) in [6, 6.07) is 14.1. The second-order valence-electron chi connectivity index (χ2n) is 7.25. The number of hydrazine groups is 1. The highest BCUT2D eigenvalue weighted by Gasteiger charge is 2.46. The number of nitrogens with zero attached hydrogens (tertiary/aromatic N) is 4. The van der Waals surface area contributed by atoms with Gasteiger partial charge in [-0.05, 0) is 68.5 Å². The summed E-state index contributed by atoms with van der Waals surface area (Å²) in [5.41, 5.74) is 0.441. The fourth-order valence-corrected chi connectivity index (χ4v) is 3.44. The minimum atomic E-state index is -1.44. The smallest absolute Gasteiger partial charge is 0.280 e. The highest BCUT2D eigenvalue weighted by atomic mass is 16.5. The number of amidine groups is 1. The van der Waals surface area contributed by atoms with Gasteiger partial charge in [0.15, 0.2) is 17.3 Å². The predicted molar refractivity (Wildman–Crippen MR) is 118 cm³/mol. The average molecular weight is 421 g/mol. The van der Waals surface area contributed by atoms with Crippen molar-refractivity contribution >= 4 is 28.8 Å². The molecule has 0 aromatic heterocycles. The van der Waals surface area contributed by atoms with Crippen molar-refractivity contribution < 1.29 is 19.4 Å². The molecule has 0 bridgehead atoms. The number of carbonyl (C=O) groups is 1. The van der Waals surface area contributed by atoms with Gasteiger partial charge in [-0.2, -0.15) is 5.12 Å². The van der Waals surface area contributed by atoms with Crippen LogP contribution >= 0.6 is 0 Å². The lowest BCUT2D eigenvalue weighted by Crippen LogP contribution is -2.56. The van der Waals surface area contributed by atoms with Gasteiger partial charge >= 0.3 is 0 Å². The molecule has 2 aromatic carbocycles. The van der Waals surface area contributed by atoms with Gasteiger partial charge in [0.25, 0.3) is 5.91 Å². The van der Waals surface area contributed by atoms with Crippen LogP contribution in [0.4, 0.5) is 11.4 Å². The number of benzene rings is 2. The fourth-order valence-electron chi connectivity index (χ4n) is 3.44. The molecule has 0 radical (unpaired) electrons. The number of hydrazone groups is 1. The molecule has 2 N–H and O–H groups in total. The van der Waals surface area contributed by atoms with E-state index in [2.05, 4.69) is 15.4 Å². The zero-order chi connectivity index (χ0) is 22.2. The number of ether oxygens (including phenoxy) is 2. The molecule has 2 aliphatic rings. The van der Waals surface area contributed by atoms with E-state index in [-0.39, 0.29) is 11.5 Å². The van der Waals surface area contributed by atoms with Crippen molar-refractivity contribution in [1.82, 2.24) is 5.01 Å². The number of anilines is 2. The normalized spacial score (nSPS) is 19.8. The van der Waals surface area contributed by atoms with Gasteiger partial charge in [0, 0.05) is 11.4 Å². The molecular weight excluding hydrogens is 398 g/mol. The number of aliphatic hydroxyl groups is 1. The maximum Gasteiger partial charge on any atom is 0.280 e. The highest BCUT2D eigenvalue weighted by molar-refractivity contribution is 6.69. The Hall–Kier alpha value is -3.85. The number of fused-ring (bicyclic) bond motifs is 1. The highest BCUT2D eigenvalue weighted by Crippen LogP contribution is 2.33. The van der Waals surface area contributed by atoms with Crippen molar-refractivity contribution in [2.24, 2.45) is 10.1 Å². The molecule has 0 saturated heterocycles. The van der Waals surface area contributed by atoms with Crippen LogP contribution in [0, 0.1) is 0 Å². The number of hydrogen-bond acceptors (Lipinski definition) is 8. The van der Waals surface area contributed by atoms with Gasteiger partial charge in [-0.15, -0.1) is 5.10 Å². The number of hydrogen-bond donors (Lipinski definition) is 2. The molecule has 2 heterocycles. The Balaban J connectivity index is 1.70. The van der Waals surface area contributed by atoms with Gasteiger partial charge in [0.2, 0.25) is 0 Å². The zero-order valence-electron chi connectivity index (χ0n) is 17.7. The molecule has 160 valence electrons. The standard InChI is InChI=1S/C22H23N5O4/c1-14-13-22(2,29)26-20(23-14)19(21(28)24-15-5-9-17(30-3)10-6-15)25-27(26)16-7-11-18(31-4)12-8-16/h5-13,29H,1-4H3,(H,24,28). The summed E-state index contributed by atoms with van der Waals surface area (Å²) < 4.78 is 10.4. The summed E-state index contributed by atoms with van der Waals surface area (Å²) in [6.45, 7) is 3.37. The zero-order valence-corrected chi connectivity index (χ0v) is 17.7. The third-order valence-electron chi connectivity index (χ3n) is 4.86. The van der Waals surface area contributed by atoms with Gasteiger partial charge in [0.05, 0.1) is 19.9 Å². The molecule has 1 amide bonds. The third-order valence-corrected chi connectivity index (χ3v) is 4.86. The topological polar surface area (TPSA) is 99.0 Å². The van der Waals surface area contributed by atoms with Crippen LogP contribution in [-0.4, -0.2) is 47.5 Å². The van der Waals surface area contributed by atoms with Crippen molar-refractivity contribution in [2.75, 3.05) is 24.7 Å². The first-order chi connectivity index (χ1) is 14.8. The monoisotopic (exact) mass is 421 g/mol. The number of allylic oxidation sites excluding steroid dienone is 1. The van der Waals surface area contributed by atoms with E-state index in [1.54, 1.807) is 82.7 Å². The van der Waals surface area contributed by atoms with Gasteiger partial charge in [-0.3, -0.25) is 4.79 Å². The van der Waals surface area contributed by atoms with Crippen LogP contribution in [0.2, 0.25) is 0 Å². The molecule has 1 atom stereocenters. The number of rotatable bonds is 5. The first-order valence-corrected chi connectivity index (χ1v) is 9.61. The second-order valence-corrected chi connectivity index (χ2v) is 7.25. The summed E-state index contributed by atoms with van der Waals surface area (Å²) in [4.78, 5) is 17.6. The van der Waals surface area contributed by atoms with Crippen molar-refractivity contribution in [3.63, 3.8) is 0 Å². The molecule has 9 heteroatoms. The van der Waals surface area contributed by atoms with E-state index >= 15 is 0 Å². The number of methoxy groups -OCH3 is 2. The number of nitrogens with one attached hydrogen (secondary N) is 1. The summed E-state index contributed by atoms with van der Waals surface area (Å²) in [5.74, 6) is 1.17. The van der Waals surface area contributed by atoms with Gasteiger partial charge in [0.1, 0.15) is 11.5 Å². The van der Waals surface area contributed by atoms with E-state index in [1.807, 2.05) is 0 Å². The summed E-state index contributed by atoms with van der Waals surface area (Å²) in [7, 11) is 3.16. The number of carbonyl (C=O) groups excluding carboxylic acids is 1. The average Bonchev–Trinajstić information content (AvgIpc) is 3.14. The van der Waals surface area contributed by atoms with Crippen LogP contribution in [0.15, 0.2) is 70.4 Å². The first-order valence-electron chi connectivity index (χ1n) is 9.61. The van der Waals surface area contributed by atoms with Crippen molar-refractivity contribution in [1.29, 1.82) is 0 Å². The molecule has 2 aromatic rings. The summed E-state index contributed by atoms with van der Waals surface area (Å²) in [6.07, 6.45) is 1.60. The van der Waals surface area contributed by atoms with Crippen LogP contribution in [0.1, 0.15) is 13.8 Å². The molecule has 0 saturated carbocycles. The molecule has 0 spiro atoms. The van der Waals surface area contributed by atoms with Crippen LogP contribution < -0.4 is 19.9 Å². The van der Waals surface area contributed by atoms with E-state index in [1.165, 1.54) is 10.1 Å². The van der Waals surface area contributed by atoms with E-state index in [0.717, 1.165) is 0 Å². The largest absolute Gasteiger partial charge is 0.497 e. The molecule has 0 fully saturated rings. The molecule has 31 heavy (non-hydrogen) atoms. The quantitative estimate of drug-likeness (QED) is 0.770. The van der Waals surface area contributed by atoms with E-state index in [4.69, 9.17) is 9.47 Å². The first kappa shape index (κ1) is 20.4. The van der Waals surface area contributed by atoms with Crippen molar-refractivity contribution in [2.45, 2.75) is 19.6 Å². The van der Waals surface area contributed by atoms with Crippen molar-refractivity contribution in [3.05, 3.63) is 60.3 Å². The van der Waals surface area contributed by atoms with E-state index < -0.39 is 11.6 Å². The minimum Gasteiger partial charge on any atom is -0.497 e. The molecule has 9 nitrogen and oxygen atoms in total. The van der Waals surface area contributed by atoms with E-state index in [0.29, 0.717) is 28.6 Å². The lowest BCUT2D eigenvalue weighted by Gasteiger charge is -2.40. The Bertz CT molecular complexity index is 1090. The Labute approximate surface area is 179 Å². The maximum atomic E-state index is 13.1. The lowest BCUT2D eigenvalue weighted by molar-refractivity contribution is -0.110. The third kappa shape index (κ3) is 3.82. The fraction of sp³-hybridized carbons (Fsp3) is 0.227. The molecule has 1 unspecified atom stereocenters. The Morgan fingerprint density at radius 2 is 1.61 bits per heavy atom. The second kappa shape index (κ2) is 7.77. The maximum absolute atomic E-state index is 13.1. The molecule has 4 rings (SSSR count). The van der Waals surface area contributed by atoms with Crippen LogP contribution in [0.3, 0.4) is 0 Å². The lowest BCUT2D eigenvalue weighted by atomic mass is 10.1. The molecule has 0 aliphatic carbocycles. The van der Waals surface area contributed by atoms with Gasteiger partial charge in [-0.1, -0.05) is 0 Å². The molecule has 2 aliphatic heterocycles. The minimum absolute atomic E-state index is 0.0827. The number of amides is 1. The Morgan fingerprint density at radius 3 is 2.19 bits per heavy atom. The van der Waals surface area contributed by atoms with Crippen LogP contribution in [-0.2, 0) is 4.79 Å². The van der Waals surface area contributed by atoms with Crippen LogP contribution in [0.5, 0.6) is 11.5 Å². The Morgan fingerprint density at radius 1 is 1.03 bits per heavy atom. The molecular formula is C22H23N5O4.